The van der Waals surface area contributed by atoms with Gasteiger partial charge in [-0.15, -0.1) is 0 Å². The van der Waals surface area contributed by atoms with Crippen molar-refractivity contribution >= 4 is 0 Å². The van der Waals surface area contributed by atoms with Crippen molar-refractivity contribution in [2.45, 2.75) is 96.5 Å². The van der Waals surface area contributed by atoms with E-state index in [1.807, 2.05) is 30.3 Å². The molecule has 1 aromatic rings. The predicted octanol–water partition coefficient (Wildman–Crippen LogP) is 6.84. The first-order valence-electron chi connectivity index (χ1n) is 10.5. The molecule has 0 N–H and O–H groups in total. The summed E-state index contributed by atoms with van der Waals surface area (Å²) in [5.41, 5.74) is 1.02. The molecule has 1 aromatic carbocycles. The summed E-state index contributed by atoms with van der Waals surface area (Å²) >= 11 is 0. The molecule has 1 saturated carbocycles. The van der Waals surface area contributed by atoms with Gasteiger partial charge in [-0.25, -0.2) is 8.78 Å². The van der Waals surface area contributed by atoms with Crippen LogP contribution in [-0.2, 0) is 11.2 Å². The van der Waals surface area contributed by atoms with Gasteiger partial charge in [0.1, 0.15) is 6.17 Å². The molecule has 0 amide bonds. The SMILES string of the molecule is CCCCCC1(COC(C)C(F)C(F)Cc2ccccc2)CCCCC1. The summed E-state index contributed by atoms with van der Waals surface area (Å²) in [6.07, 6.45) is 7.26. The first-order valence-corrected chi connectivity index (χ1v) is 10.5. The van der Waals surface area contributed by atoms with Crippen molar-refractivity contribution in [1.29, 1.82) is 0 Å². The van der Waals surface area contributed by atoms with Crippen LogP contribution >= 0.6 is 0 Å². The first kappa shape index (κ1) is 21.3. The molecule has 0 heterocycles. The third-order valence-electron chi connectivity index (χ3n) is 5.94. The van der Waals surface area contributed by atoms with Gasteiger partial charge in [0.05, 0.1) is 12.7 Å². The molecule has 1 nitrogen and oxygen atoms in total. The molecule has 148 valence electrons. The highest BCUT2D eigenvalue weighted by Crippen LogP contribution is 2.41. The molecule has 3 heteroatoms. The molecule has 1 fully saturated rings. The molecule has 26 heavy (non-hydrogen) atoms. The summed E-state index contributed by atoms with van der Waals surface area (Å²) in [5.74, 6) is 0. The van der Waals surface area contributed by atoms with Crippen molar-refractivity contribution in [3.8, 4) is 0 Å². The van der Waals surface area contributed by atoms with Crippen LogP contribution in [0.1, 0.15) is 77.2 Å². The summed E-state index contributed by atoms with van der Waals surface area (Å²) in [6.45, 7) is 4.48. The van der Waals surface area contributed by atoms with Gasteiger partial charge in [0.2, 0.25) is 0 Å². The molecule has 3 atom stereocenters. The number of benzene rings is 1. The second kappa shape index (κ2) is 11.0. The van der Waals surface area contributed by atoms with E-state index < -0.39 is 18.4 Å². The predicted molar refractivity (Wildman–Crippen MR) is 105 cm³/mol. The van der Waals surface area contributed by atoms with Gasteiger partial charge in [-0.05, 0) is 37.2 Å². The number of hydrogen-bond donors (Lipinski definition) is 0. The van der Waals surface area contributed by atoms with Crippen LogP contribution in [0.5, 0.6) is 0 Å². The normalized spacial score (nSPS) is 20.5. The Morgan fingerprint density at radius 2 is 1.73 bits per heavy atom. The Morgan fingerprint density at radius 3 is 2.38 bits per heavy atom. The lowest BCUT2D eigenvalue weighted by Crippen LogP contribution is -2.37. The zero-order valence-electron chi connectivity index (χ0n) is 16.6. The van der Waals surface area contributed by atoms with Gasteiger partial charge in [-0.3, -0.25) is 0 Å². The highest BCUT2D eigenvalue weighted by Gasteiger charge is 2.34. The van der Waals surface area contributed by atoms with Crippen LogP contribution in [0.3, 0.4) is 0 Å². The zero-order chi connectivity index (χ0) is 18.8. The number of halogens is 2. The van der Waals surface area contributed by atoms with Gasteiger partial charge in [-0.1, -0.05) is 75.8 Å². The summed E-state index contributed by atoms with van der Waals surface area (Å²) < 4.78 is 34.9. The van der Waals surface area contributed by atoms with E-state index in [9.17, 15) is 8.78 Å². The third kappa shape index (κ3) is 6.64. The van der Waals surface area contributed by atoms with Crippen LogP contribution in [0.4, 0.5) is 8.78 Å². The largest absolute Gasteiger partial charge is 0.375 e. The quantitative estimate of drug-likeness (QED) is 0.389. The van der Waals surface area contributed by atoms with Crippen molar-refractivity contribution in [3.63, 3.8) is 0 Å². The van der Waals surface area contributed by atoms with Crippen LogP contribution in [-0.4, -0.2) is 25.1 Å². The molecule has 0 aromatic heterocycles. The fourth-order valence-corrected chi connectivity index (χ4v) is 4.16. The third-order valence-corrected chi connectivity index (χ3v) is 5.94. The van der Waals surface area contributed by atoms with Gasteiger partial charge >= 0.3 is 0 Å². The maximum atomic E-state index is 14.6. The molecule has 0 bridgehead atoms. The average molecular weight is 367 g/mol. The Hall–Kier alpha value is -0.960. The van der Waals surface area contributed by atoms with E-state index in [-0.39, 0.29) is 11.8 Å². The molecule has 0 spiro atoms. The van der Waals surface area contributed by atoms with Crippen LogP contribution < -0.4 is 0 Å². The Balaban J connectivity index is 1.84. The van der Waals surface area contributed by atoms with E-state index >= 15 is 0 Å². The molecule has 1 aliphatic rings. The Bertz CT molecular complexity index is 484. The fraction of sp³-hybridized carbons (Fsp3) is 0.739. The molecule has 2 rings (SSSR count). The standard InChI is InChI=1S/C23H36F2O/c1-3-4-9-14-23(15-10-6-11-16-23)18-26-19(2)22(25)21(24)17-20-12-7-5-8-13-20/h5,7-8,12-13,19,21-22H,3-4,6,9-11,14-18H2,1-2H3. The molecular formula is C23H36F2O. The van der Waals surface area contributed by atoms with E-state index in [2.05, 4.69) is 6.92 Å². The summed E-state index contributed by atoms with van der Waals surface area (Å²) in [5, 5.41) is 0. The van der Waals surface area contributed by atoms with Gasteiger partial charge < -0.3 is 4.74 Å². The van der Waals surface area contributed by atoms with Gasteiger partial charge in [-0.2, -0.15) is 0 Å². The van der Waals surface area contributed by atoms with Gasteiger partial charge in [0, 0.05) is 6.42 Å². The zero-order valence-corrected chi connectivity index (χ0v) is 16.6. The van der Waals surface area contributed by atoms with Crippen molar-refractivity contribution in [1.82, 2.24) is 0 Å². The summed E-state index contributed by atoms with van der Waals surface area (Å²) in [6, 6.07) is 9.29. The van der Waals surface area contributed by atoms with E-state index in [0.29, 0.717) is 6.61 Å². The fourth-order valence-electron chi connectivity index (χ4n) is 4.16. The second-order valence-electron chi connectivity index (χ2n) is 8.18. The summed E-state index contributed by atoms with van der Waals surface area (Å²) in [7, 11) is 0. The van der Waals surface area contributed by atoms with Crippen LogP contribution in [0, 0.1) is 5.41 Å². The molecule has 0 aliphatic heterocycles. The van der Waals surface area contributed by atoms with Gasteiger partial charge in [0.25, 0.3) is 0 Å². The Morgan fingerprint density at radius 1 is 1.04 bits per heavy atom. The Kier molecular flexibility index (Phi) is 9.04. The van der Waals surface area contributed by atoms with Crippen molar-refractivity contribution in [3.05, 3.63) is 35.9 Å². The second-order valence-corrected chi connectivity index (χ2v) is 8.18. The molecule has 0 radical (unpaired) electrons. The van der Waals surface area contributed by atoms with Crippen molar-refractivity contribution < 1.29 is 13.5 Å². The maximum absolute atomic E-state index is 14.6. The smallest absolute Gasteiger partial charge is 0.157 e. The highest BCUT2D eigenvalue weighted by molar-refractivity contribution is 5.15. The minimum absolute atomic E-state index is 0.108. The maximum Gasteiger partial charge on any atom is 0.157 e. The molecule has 1 aliphatic carbocycles. The lowest BCUT2D eigenvalue weighted by atomic mass is 9.71. The average Bonchev–Trinajstić information content (AvgIpc) is 2.67. The highest BCUT2D eigenvalue weighted by atomic mass is 19.2. The van der Waals surface area contributed by atoms with Crippen LogP contribution in [0.15, 0.2) is 30.3 Å². The molecular weight excluding hydrogens is 330 g/mol. The van der Waals surface area contributed by atoms with Crippen molar-refractivity contribution in [2.24, 2.45) is 5.41 Å². The van der Waals surface area contributed by atoms with E-state index in [4.69, 9.17) is 4.74 Å². The Labute approximate surface area is 158 Å². The summed E-state index contributed by atoms with van der Waals surface area (Å²) in [4.78, 5) is 0. The lowest BCUT2D eigenvalue weighted by molar-refractivity contribution is -0.0672. The minimum atomic E-state index is -1.58. The van der Waals surface area contributed by atoms with Crippen LogP contribution in [0.2, 0.25) is 0 Å². The molecule has 0 saturated heterocycles. The van der Waals surface area contributed by atoms with E-state index in [1.165, 1.54) is 51.4 Å². The van der Waals surface area contributed by atoms with E-state index in [0.717, 1.165) is 12.0 Å². The number of unbranched alkanes of at least 4 members (excludes halogenated alkanes) is 2. The molecule has 3 unspecified atom stereocenters. The number of hydrogen-bond acceptors (Lipinski definition) is 1. The van der Waals surface area contributed by atoms with Crippen LogP contribution in [0.25, 0.3) is 0 Å². The number of alkyl halides is 2. The monoisotopic (exact) mass is 366 g/mol. The van der Waals surface area contributed by atoms with Crippen molar-refractivity contribution in [2.75, 3.05) is 6.61 Å². The van der Waals surface area contributed by atoms with E-state index in [1.54, 1.807) is 6.92 Å². The number of ether oxygens (including phenoxy) is 1. The topological polar surface area (TPSA) is 9.23 Å². The van der Waals surface area contributed by atoms with Gasteiger partial charge in [0.15, 0.2) is 6.17 Å². The minimum Gasteiger partial charge on any atom is -0.375 e. The number of rotatable bonds is 11. The first-order chi connectivity index (χ1) is 12.6. The lowest BCUT2D eigenvalue weighted by Gasteiger charge is -2.38.